The number of carbonyl (C=O) groups is 1. The van der Waals surface area contributed by atoms with Crippen molar-refractivity contribution in [3.63, 3.8) is 0 Å². The van der Waals surface area contributed by atoms with Gasteiger partial charge in [-0.3, -0.25) is 0 Å². The summed E-state index contributed by atoms with van der Waals surface area (Å²) in [4.78, 5) is 9.00. The van der Waals surface area contributed by atoms with E-state index in [1.54, 1.807) is 14.2 Å². The monoisotopic (exact) mass is 148 g/mol. The summed E-state index contributed by atoms with van der Waals surface area (Å²) in [6.07, 6.45) is 2.92. The van der Waals surface area contributed by atoms with E-state index in [-0.39, 0.29) is 0 Å². The van der Waals surface area contributed by atoms with Crippen LogP contribution in [-0.4, -0.2) is 20.3 Å². The number of hydrogen-bond donors (Lipinski definition) is 2. The van der Waals surface area contributed by atoms with Crippen LogP contribution in [0.2, 0.25) is 0 Å². The maximum Gasteiger partial charge on any atom is 0.309 e. The molecule has 0 aliphatic rings. The Morgan fingerprint density at radius 2 is 1.40 bits per heavy atom. The van der Waals surface area contributed by atoms with Gasteiger partial charge in [-0.2, -0.15) is 0 Å². The van der Waals surface area contributed by atoms with Gasteiger partial charge in [0.25, 0.3) is 0 Å². The van der Waals surface area contributed by atoms with Crippen molar-refractivity contribution in [2.24, 2.45) is 11.5 Å². The van der Waals surface area contributed by atoms with Crippen LogP contribution in [-0.2, 0) is 9.47 Å². The van der Waals surface area contributed by atoms with Gasteiger partial charge in [-0.15, -0.1) is 0 Å². The molecule has 0 fully saturated rings. The van der Waals surface area contributed by atoms with Crippen molar-refractivity contribution in [3.8, 4) is 0 Å². The highest BCUT2D eigenvalue weighted by molar-refractivity contribution is 5.69. The van der Waals surface area contributed by atoms with Crippen LogP contribution >= 0.6 is 0 Å². The van der Waals surface area contributed by atoms with Gasteiger partial charge in [-0.25, -0.2) is 4.79 Å². The van der Waals surface area contributed by atoms with E-state index in [0.717, 1.165) is 0 Å². The van der Waals surface area contributed by atoms with Crippen LogP contribution in [0.5, 0.6) is 0 Å². The van der Waals surface area contributed by atoms with Gasteiger partial charge in [0.05, 0.1) is 14.2 Å². The molecule has 0 saturated carbocycles. The molecule has 0 heterocycles. The first-order valence-electron chi connectivity index (χ1n) is 2.40. The molecule has 0 atom stereocenters. The number of amides is 2. The topological polar surface area (TPSA) is 87.6 Å². The first-order chi connectivity index (χ1) is 4.65. The predicted molar refractivity (Wildman–Crippen MR) is 36.9 cm³/mol. The van der Waals surface area contributed by atoms with Gasteiger partial charge >= 0.3 is 6.03 Å². The largest absolute Gasteiger partial charge is 0.501 e. The number of ether oxygens (including phenoxy) is 2. The van der Waals surface area contributed by atoms with E-state index in [4.69, 9.17) is 4.79 Å². The second kappa shape index (κ2) is 10.6. The average Bonchev–Trinajstić information content (AvgIpc) is 1.82. The van der Waals surface area contributed by atoms with Crippen LogP contribution in [0.4, 0.5) is 4.79 Å². The smallest absolute Gasteiger partial charge is 0.309 e. The third-order valence-corrected chi connectivity index (χ3v) is 0.328. The highest BCUT2D eigenvalue weighted by Crippen LogP contribution is 1.68. The van der Waals surface area contributed by atoms with Crippen molar-refractivity contribution in [2.45, 2.75) is 0 Å². The normalized spacial score (nSPS) is 7.80. The molecular weight excluding hydrogens is 136 g/mol. The van der Waals surface area contributed by atoms with E-state index in [1.807, 2.05) is 0 Å². The van der Waals surface area contributed by atoms with Crippen LogP contribution in [0.15, 0.2) is 12.5 Å². The maximum absolute atomic E-state index is 9.00. The molecule has 0 bridgehead atoms. The van der Waals surface area contributed by atoms with Crippen LogP contribution in [0.3, 0.4) is 0 Å². The van der Waals surface area contributed by atoms with Crippen molar-refractivity contribution >= 4 is 6.03 Å². The van der Waals surface area contributed by atoms with E-state index in [9.17, 15) is 0 Å². The van der Waals surface area contributed by atoms with Gasteiger partial charge < -0.3 is 20.9 Å². The summed E-state index contributed by atoms with van der Waals surface area (Å²) in [5.41, 5.74) is 8.50. The Kier molecular flexibility index (Phi) is 12.1. The van der Waals surface area contributed by atoms with Crippen LogP contribution < -0.4 is 11.5 Å². The molecule has 4 N–H and O–H groups in total. The Bertz CT molecular complexity index is 93.1. The van der Waals surface area contributed by atoms with Crippen molar-refractivity contribution in [1.29, 1.82) is 0 Å². The van der Waals surface area contributed by atoms with Crippen molar-refractivity contribution < 1.29 is 14.3 Å². The number of urea groups is 1. The standard InChI is InChI=1S/C4H8O2.CH4N2O/c1-5-3-4-6-2;2-1(3)4/h3-4H,1-2H3;(H4,2,3,4). The van der Waals surface area contributed by atoms with Gasteiger partial charge in [-0.05, 0) is 0 Å². The fraction of sp³-hybridized carbons (Fsp3) is 0.400. The molecule has 0 aliphatic heterocycles. The predicted octanol–water partition coefficient (Wildman–Crippen LogP) is -0.226. The zero-order chi connectivity index (χ0) is 8.41. The van der Waals surface area contributed by atoms with Gasteiger partial charge in [-0.1, -0.05) is 0 Å². The third-order valence-electron chi connectivity index (χ3n) is 0.328. The van der Waals surface area contributed by atoms with Crippen molar-refractivity contribution in [1.82, 2.24) is 0 Å². The van der Waals surface area contributed by atoms with Gasteiger partial charge in [0.1, 0.15) is 12.5 Å². The molecule has 5 heteroatoms. The Hall–Kier alpha value is -1.39. The fourth-order valence-electron chi connectivity index (χ4n) is 0.111. The molecule has 0 saturated heterocycles. The first-order valence-corrected chi connectivity index (χ1v) is 2.40. The lowest BCUT2D eigenvalue weighted by molar-refractivity contribution is 0.256. The molecule has 0 radical (unpaired) electrons. The van der Waals surface area contributed by atoms with Gasteiger partial charge in [0.2, 0.25) is 0 Å². The zero-order valence-corrected chi connectivity index (χ0v) is 6.03. The van der Waals surface area contributed by atoms with Crippen molar-refractivity contribution in [2.75, 3.05) is 14.2 Å². The highest BCUT2D eigenvalue weighted by atomic mass is 16.5. The Morgan fingerprint density at radius 1 is 1.20 bits per heavy atom. The fourth-order valence-corrected chi connectivity index (χ4v) is 0.111. The zero-order valence-electron chi connectivity index (χ0n) is 6.03. The molecule has 0 unspecified atom stereocenters. The molecule has 0 aromatic rings. The highest BCUT2D eigenvalue weighted by Gasteiger charge is 1.60. The molecule has 0 rings (SSSR count). The van der Waals surface area contributed by atoms with E-state index in [0.29, 0.717) is 0 Å². The third kappa shape index (κ3) is 80.3. The lowest BCUT2D eigenvalue weighted by Crippen LogP contribution is -2.18. The lowest BCUT2D eigenvalue weighted by Gasteiger charge is -1.83. The van der Waals surface area contributed by atoms with Crippen LogP contribution in [0, 0.1) is 0 Å². The van der Waals surface area contributed by atoms with Gasteiger partial charge in [0, 0.05) is 0 Å². The van der Waals surface area contributed by atoms with E-state index in [1.165, 1.54) is 12.5 Å². The number of methoxy groups -OCH3 is 2. The molecule has 10 heavy (non-hydrogen) atoms. The number of nitrogens with two attached hydrogens (primary N) is 2. The quantitative estimate of drug-likeness (QED) is 0.530. The molecule has 0 aliphatic carbocycles. The minimum atomic E-state index is -0.833. The summed E-state index contributed by atoms with van der Waals surface area (Å²) in [5, 5.41) is 0. The SMILES string of the molecule is COC=COC.NC(N)=O. The number of rotatable bonds is 2. The average molecular weight is 148 g/mol. The molecular formula is C5H12N2O3. The van der Waals surface area contributed by atoms with Crippen LogP contribution in [0.25, 0.3) is 0 Å². The maximum atomic E-state index is 9.00. The summed E-state index contributed by atoms with van der Waals surface area (Å²) < 4.78 is 8.95. The van der Waals surface area contributed by atoms with Gasteiger partial charge in [0.15, 0.2) is 0 Å². The molecule has 2 amide bonds. The second-order valence-electron chi connectivity index (χ2n) is 1.15. The van der Waals surface area contributed by atoms with E-state index < -0.39 is 6.03 Å². The van der Waals surface area contributed by atoms with Crippen molar-refractivity contribution in [3.05, 3.63) is 12.5 Å². The minimum Gasteiger partial charge on any atom is -0.501 e. The van der Waals surface area contributed by atoms with E-state index >= 15 is 0 Å². The first kappa shape index (κ1) is 11.4. The van der Waals surface area contributed by atoms with E-state index in [2.05, 4.69) is 20.9 Å². The molecule has 5 nitrogen and oxygen atoms in total. The lowest BCUT2D eigenvalue weighted by atomic mass is 11.0. The Labute approximate surface area is 59.6 Å². The summed E-state index contributed by atoms with van der Waals surface area (Å²) in [6, 6.07) is -0.833. The summed E-state index contributed by atoms with van der Waals surface area (Å²) in [7, 11) is 3.13. The number of hydrogen-bond acceptors (Lipinski definition) is 3. The number of carbonyl (C=O) groups excluding carboxylic acids is 1. The minimum absolute atomic E-state index is 0.833. The summed E-state index contributed by atoms with van der Waals surface area (Å²) in [5.74, 6) is 0. The number of primary amides is 2. The Balaban J connectivity index is 0. The van der Waals surface area contributed by atoms with Crippen LogP contribution in [0.1, 0.15) is 0 Å². The Morgan fingerprint density at radius 3 is 1.50 bits per heavy atom. The molecule has 0 spiro atoms. The second-order valence-corrected chi connectivity index (χ2v) is 1.15. The molecule has 60 valence electrons. The summed E-state index contributed by atoms with van der Waals surface area (Å²) >= 11 is 0. The molecule has 0 aromatic heterocycles. The summed E-state index contributed by atoms with van der Waals surface area (Å²) in [6.45, 7) is 0. The molecule has 0 aromatic carbocycles.